The first-order valence-electron chi connectivity index (χ1n) is 10.2. The number of sulfonamides is 1. The Balaban J connectivity index is 1.45. The SMILES string of the molecule is CN(C)c1cncc(OC2CCN(S(=O)(=O)CC34CCC(CC3=O)C4(C)C)C2)n1. The third-order valence-electron chi connectivity index (χ3n) is 7.41. The van der Waals surface area contributed by atoms with Crippen LogP contribution in [0.4, 0.5) is 5.82 Å². The van der Waals surface area contributed by atoms with Crippen LogP contribution in [0.15, 0.2) is 12.4 Å². The molecule has 1 aromatic heterocycles. The van der Waals surface area contributed by atoms with Crippen molar-refractivity contribution in [1.82, 2.24) is 14.3 Å². The van der Waals surface area contributed by atoms with Crippen molar-refractivity contribution in [3.63, 3.8) is 0 Å². The number of nitrogens with zero attached hydrogens (tertiary/aromatic N) is 4. The van der Waals surface area contributed by atoms with Crippen LogP contribution in [0.1, 0.15) is 39.5 Å². The minimum absolute atomic E-state index is 0.0784. The van der Waals surface area contributed by atoms with Crippen LogP contribution in [0, 0.1) is 16.7 Å². The summed E-state index contributed by atoms with van der Waals surface area (Å²) in [7, 11) is 0.193. The summed E-state index contributed by atoms with van der Waals surface area (Å²) in [5.74, 6) is 1.43. The predicted molar refractivity (Wildman–Crippen MR) is 109 cm³/mol. The summed E-state index contributed by atoms with van der Waals surface area (Å²) < 4.78 is 33.9. The Hall–Kier alpha value is -1.74. The average Bonchev–Trinajstić information content (AvgIpc) is 3.25. The molecule has 0 N–H and O–H groups in total. The minimum Gasteiger partial charge on any atom is -0.472 e. The van der Waals surface area contributed by atoms with E-state index in [0.29, 0.717) is 43.4 Å². The van der Waals surface area contributed by atoms with Crippen molar-refractivity contribution in [2.75, 3.05) is 37.8 Å². The number of hydrogen-bond donors (Lipinski definition) is 0. The van der Waals surface area contributed by atoms with E-state index in [1.807, 2.05) is 19.0 Å². The third kappa shape index (κ3) is 3.32. The monoisotopic (exact) mass is 422 g/mol. The Bertz CT molecular complexity index is 917. The summed E-state index contributed by atoms with van der Waals surface area (Å²) in [4.78, 5) is 23.1. The zero-order valence-electron chi connectivity index (χ0n) is 17.6. The van der Waals surface area contributed by atoms with E-state index in [0.717, 1.165) is 6.42 Å². The Morgan fingerprint density at radius 2 is 2.03 bits per heavy atom. The van der Waals surface area contributed by atoms with Gasteiger partial charge in [0.1, 0.15) is 11.9 Å². The van der Waals surface area contributed by atoms with Crippen LogP contribution in [0.5, 0.6) is 5.88 Å². The highest BCUT2D eigenvalue weighted by molar-refractivity contribution is 7.89. The average molecular weight is 423 g/mol. The van der Waals surface area contributed by atoms with Crippen molar-refractivity contribution in [3.05, 3.63) is 12.4 Å². The largest absolute Gasteiger partial charge is 0.472 e. The number of rotatable bonds is 6. The maximum Gasteiger partial charge on any atom is 0.234 e. The van der Waals surface area contributed by atoms with Gasteiger partial charge < -0.3 is 9.64 Å². The number of aromatic nitrogens is 2. The first-order valence-corrected chi connectivity index (χ1v) is 11.8. The first-order chi connectivity index (χ1) is 13.5. The van der Waals surface area contributed by atoms with Crippen molar-refractivity contribution >= 4 is 21.6 Å². The van der Waals surface area contributed by atoms with Crippen molar-refractivity contribution in [2.24, 2.45) is 16.7 Å². The fraction of sp³-hybridized carbons (Fsp3) is 0.750. The van der Waals surface area contributed by atoms with Crippen molar-refractivity contribution in [2.45, 2.75) is 45.6 Å². The van der Waals surface area contributed by atoms with E-state index in [-0.39, 0.29) is 29.6 Å². The molecule has 3 unspecified atom stereocenters. The minimum atomic E-state index is -3.55. The molecule has 9 heteroatoms. The Morgan fingerprint density at radius 3 is 2.66 bits per heavy atom. The molecule has 1 saturated heterocycles. The molecule has 1 aliphatic heterocycles. The van der Waals surface area contributed by atoms with Crippen LogP contribution in [0.2, 0.25) is 0 Å². The van der Waals surface area contributed by atoms with Crippen molar-refractivity contribution in [1.29, 1.82) is 0 Å². The van der Waals surface area contributed by atoms with E-state index in [1.165, 1.54) is 4.31 Å². The summed E-state index contributed by atoms with van der Waals surface area (Å²) in [6.45, 7) is 4.82. The molecule has 2 heterocycles. The second-order valence-electron chi connectivity index (χ2n) is 9.42. The summed E-state index contributed by atoms with van der Waals surface area (Å²) in [6.07, 6.45) is 5.67. The van der Waals surface area contributed by atoms with Gasteiger partial charge in [-0.05, 0) is 30.6 Å². The van der Waals surface area contributed by atoms with Crippen LogP contribution >= 0.6 is 0 Å². The number of carbonyl (C=O) groups is 1. The molecule has 3 atom stereocenters. The molecule has 0 radical (unpaired) electrons. The highest BCUT2D eigenvalue weighted by atomic mass is 32.2. The maximum absolute atomic E-state index is 13.2. The maximum atomic E-state index is 13.2. The van der Waals surface area contributed by atoms with E-state index in [4.69, 9.17) is 4.74 Å². The summed E-state index contributed by atoms with van der Waals surface area (Å²) in [5, 5.41) is 0. The van der Waals surface area contributed by atoms with Gasteiger partial charge >= 0.3 is 0 Å². The van der Waals surface area contributed by atoms with Gasteiger partial charge in [0, 0.05) is 32.5 Å². The lowest BCUT2D eigenvalue weighted by Crippen LogP contribution is -2.46. The first kappa shape index (κ1) is 20.5. The number of ether oxygens (including phenoxy) is 1. The van der Waals surface area contributed by atoms with Gasteiger partial charge in [0.25, 0.3) is 0 Å². The zero-order chi connectivity index (χ0) is 21.0. The van der Waals surface area contributed by atoms with Gasteiger partial charge in [-0.1, -0.05) is 13.8 Å². The number of hydrogen-bond acceptors (Lipinski definition) is 7. The molecule has 3 aliphatic rings. The molecule has 8 nitrogen and oxygen atoms in total. The lowest BCUT2D eigenvalue weighted by molar-refractivity contribution is -0.128. The summed E-state index contributed by atoms with van der Waals surface area (Å²) in [5.41, 5.74) is -0.990. The van der Waals surface area contributed by atoms with E-state index in [9.17, 15) is 13.2 Å². The normalized spacial score (nSPS) is 31.4. The van der Waals surface area contributed by atoms with Gasteiger partial charge in [-0.25, -0.2) is 8.42 Å². The van der Waals surface area contributed by atoms with Gasteiger partial charge in [-0.3, -0.25) is 9.78 Å². The van der Waals surface area contributed by atoms with E-state index >= 15 is 0 Å². The van der Waals surface area contributed by atoms with Crippen LogP contribution in [-0.4, -0.2) is 67.5 Å². The predicted octanol–water partition coefficient (Wildman–Crippen LogP) is 1.72. The molecule has 3 fully saturated rings. The molecular formula is C20H30N4O4S. The zero-order valence-corrected chi connectivity index (χ0v) is 18.4. The smallest absolute Gasteiger partial charge is 0.234 e. The second-order valence-corrected chi connectivity index (χ2v) is 11.4. The quantitative estimate of drug-likeness (QED) is 0.689. The van der Waals surface area contributed by atoms with E-state index in [1.54, 1.807) is 12.4 Å². The molecular weight excluding hydrogens is 392 g/mol. The highest BCUT2D eigenvalue weighted by Crippen LogP contribution is 2.64. The van der Waals surface area contributed by atoms with Gasteiger partial charge in [0.2, 0.25) is 15.9 Å². The van der Waals surface area contributed by atoms with Gasteiger partial charge in [-0.15, -0.1) is 0 Å². The fourth-order valence-electron chi connectivity index (χ4n) is 5.34. The second kappa shape index (κ2) is 6.91. The molecule has 2 aliphatic carbocycles. The lowest BCUT2D eigenvalue weighted by atomic mass is 9.70. The van der Waals surface area contributed by atoms with E-state index in [2.05, 4.69) is 23.8 Å². The van der Waals surface area contributed by atoms with E-state index < -0.39 is 15.4 Å². The van der Waals surface area contributed by atoms with Crippen LogP contribution in [-0.2, 0) is 14.8 Å². The molecule has 0 aromatic carbocycles. The molecule has 2 bridgehead atoms. The van der Waals surface area contributed by atoms with Gasteiger partial charge in [-0.2, -0.15) is 9.29 Å². The lowest BCUT2D eigenvalue weighted by Gasteiger charge is -2.37. The van der Waals surface area contributed by atoms with Gasteiger partial charge in [0.05, 0.1) is 24.7 Å². The van der Waals surface area contributed by atoms with Crippen LogP contribution < -0.4 is 9.64 Å². The summed E-state index contributed by atoms with van der Waals surface area (Å²) >= 11 is 0. The van der Waals surface area contributed by atoms with Gasteiger partial charge in [0.15, 0.2) is 5.82 Å². The number of anilines is 1. The molecule has 1 aromatic rings. The Kier molecular flexibility index (Phi) is 4.89. The molecule has 4 rings (SSSR count). The Morgan fingerprint density at radius 1 is 1.28 bits per heavy atom. The van der Waals surface area contributed by atoms with Crippen LogP contribution in [0.25, 0.3) is 0 Å². The number of carbonyl (C=O) groups excluding carboxylic acids is 1. The number of fused-ring (bicyclic) bond motifs is 2. The molecule has 29 heavy (non-hydrogen) atoms. The highest BCUT2D eigenvalue weighted by Gasteiger charge is 2.65. The Labute approximate surface area is 172 Å². The molecule has 0 amide bonds. The molecule has 0 spiro atoms. The fourth-order valence-corrected chi connectivity index (χ4v) is 7.60. The number of ketones is 1. The standard InChI is InChI=1S/C20H30N4O4S/c1-19(2)14-5-7-20(19,16(25)9-14)13-29(26,27)24-8-6-15(12-24)28-18-11-21-10-17(22-18)23(3)4/h10-11,14-15H,5-9,12-13H2,1-4H3. The van der Waals surface area contributed by atoms with Crippen LogP contribution in [0.3, 0.4) is 0 Å². The third-order valence-corrected chi connectivity index (χ3v) is 9.39. The molecule has 160 valence electrons. The topological polar surface area (TPSA) is 92.7 Å². The number of Topliss-reactive ketones (excluding diaryl/α,β-unsaturated/α-hetero) is 1. The summed E-state index contributed by atoms with van der Waals surface area (Å²) in [6, 6.07) is 0. The van der Waals surface area contributed by atoms with Crippen molar-refractivity contribution in [3.8, 4) is 5.88 Å². The molecule has 2 saturated carbocycles. The van der Waals surface area contributed by atoms with Crippen molar-refractivity contribution < 1.29 is 17.9 Å².